The predicted molar refractivity (Wildman–Crippen MR) is 121 cm³/mol. The Bertz CT molecular complexity index is 1330. The van der Waals surface area contributed by atoms with Crippen LogP contribution >= 0.6 is 11.3 Å². The number of aryl methyl sites for hydroxylation is 1. The molecule has 4 aromatic rings. The first-order valence-electron chi connectivity index (χ1n) is 9.88. The summed E-state index contributed by atoms with van der Waals surface area (Å²) in [5, 5.41) is 10.9. The van der Waals surface area contributed by atoms with Gasteiger partial charge in [-0.1, -0.05) is 25.1 Å². The van der Waals surface area contributed by atoms with Crippen molar-refractivity contribution < 1.29 is 14.5 Å². The van der Waals surface area contributed by atoms with Gasteiger partial charge in [0, 0.05) is 24.2 Å². The van der Waals surface area contributed by atoms with Crippen molar-refractivity contribution in [2.45, 2.75) is 19.9 Å². The van der Waals surface area contributed by atoms with E-state index in [9.17, 15) is 19.7 Å². The summed E-state index contributed by atoms with van der Waals surface area (Å²) in [6.07, 6.45) is 0.940. The first-order chi connectivity index (χ1) is 15.5. The fraction of sp³-hybridized carbons (Fsp3) is 0.136. The van der Waals surface area contributed by atoms with E-state index in [1.54, 1.807) is 6.07 Å². The minimum absolute atomic E-state index is 0.0691. The fourth-order valence-corrected chi connectivity index (χ4v) is 4.20. The van der Waals surface area contributed by atoms with Gasteiger partial charge in [0.2, 0.25) is 0 Å². The SMILES string of the molecule is CCCn1c(-c2ccc(C(=O)NNC(=O)c3cccc([N+](=O)[O-])c3)s2)nc2ccccc21. The molecule has 32 heavy (non-hydrogen) atoms. The van der Waals surface area contributed by atoms with Crippen LogP contribution in [0.15, 0.2) is 60.7 Å². The number of thiophene rings is 1. The molecule has 0 saturated heterocycles. The molecule has 2 heterocycles. The summed E-state index contributed by atoms with van der Waals surface area (Å²) in [5.41, 5.74) is 6.43. The molecule has 0 aliphatic heterocycles. The normalized spacial score (nSPS) is 10.8. The molecule has 2 aromatic heterocycles. The Kier molecular flexibility index (Phi) is 5.95. The molecule has 0 fully saturated rings. The van der Waals surface area contributed by atoms with E-state index in [0.717, 1.165) is 40.8 Å². The molecule has 162 valence electrons. The number of para-hydroxylation sites is 2. The number of carbonyl (C=O) groups is 2. The summed E-state index contributed by atoms with van der Waals surface area (Å²) >= 11 is 1.27. The molecule has 0 atom stereocenters. The van der Waals surface area contributed by atoms with Crippen molar-refractivity contribution in [2.75, 3.05) is 0 Å². The number of benzene rings is 2. The number of imidazole rings is 1. The van der Waals surface area contributed by atoms with Crippen molar-refractivity contribution in [2.24, 2.45) is 0 Å². The van der Waals surface area contributed by atoms with Crippen LogP contribution in [0, 0.1) is 10.1 Å². The zero-order valence-electron chi connectivity index (χ0n) is 17.1. The molecule has 0 bridgehead atoms. The monoisotopic (exact) mass is 449 g/mol. The van der Waals surface area contributed by atoms with Crippen molar-refractivity contribution in [3.63, 3.8) is 0 Å². The Labute approximate surface area is 186 Å². The van der Waals surface area contributed by atoms with Gasteiger partial charge in [-0.05, 0) is 36.8 Å². The maximum absolute atomic E-state index is 12.5. The van der Waals surface area contributed by atoms with Crippen LogP contribution in [-0.4, -0.2) is 26.3 Å². The number of aromatic nitrogens is 2. The largest absolute Gasteiger partial charge is 0.323 e. The van der Waals surface area contributed by atoms with Crippen LogP contribution in [0.3, 0.4) is 0 Å². The molecule has 0 aliphatic rings. The maximum Gasteiger partial charge on any atom is 0.279 e. The molecule has 2 aromatic carbocycles. The number of hydrogen-bond donors (Lipinski definition) is 2. The van der Waals surface area contributed by atoms with Crippen LogP contribution < -0.4 is 10.9 Å². The minimum Gasteiger partial charge on any atom is -0.323 e. The number of rotatable bonds is 6. The quantitative estimate of drug-likeness (QED) is 0.338. The van der Waals surface area contributed by atoms with Crippen LogP contribution in [0.2, 0.25) is 0 Å². The van der Waals surface area contributed by atoms with Crippen LogP contribution in [0.1, 0.15) is 33.4 Å². The molecule has 0 saturated carbocycles. The molecule has 0 aliphatic carbocycles. The van der Waals surface area contributed by atoms with Gasteiger partial charge in [-0.25, -0.2) is 4.98 Å². The first-order valence-corrected chi connectivity index (χ1v) is 10.7. The molecule has 0 unspecified atom stereocenters. The van der Waals surface area contributed by atoms with E-state index in [2.05, 4.69) is 22.3 Å². The summed E-state index contributed by atoms with van der Waals surface area (Å²) < 4.78 is 2.13. The van der Waals surface area contributed by atoms with Crippen molar-refractivity contribution in [1.29, 1.82) is 0 Å². The third-order valence-electron chi connectivity index (χ3n) is 4.76. The lowest BCUT2D eigenvalue weighted by molar-refractivity contribution is -0.384. The Morgan fingerprint density at radius 2 is 1.84 bits per heavy atom. The second-order valence-electron chi connectivity index (χ2n) is 6.96. The number of nitro benzene ring substituents is 1. The number of carbonyl (C=O) groups excluding carboxylic acids is 2. The van der Waals surface area contributed by atoms with Crippen molar-refractivity contribution >= 4 is 39.9 Å². The number of hydrazine groups is 1. The van der Waals surface area contributed by atoms with Crippen molar-refractivity contribution in [1.82, 2.24) is 20.4 Å². The van der Waals surface area contributed by atoms with Crippen molar-refractivity contribution in [3.8, 4) is 10.7 Å². The third kappa shape index (κ3) is 4.21. The standard InChI is InChI=1S/C22H19N5O4S/c1-2-12-26-17-9-4-3-8-16(17)23-20(26)18-10-11-19(32-18)22(29)25-24-21(28)14-6-5-7-15(13-14)27(30)31/h3-11,13H,2,12H2,1H3,(H,24,28)(H,25,29). The average molecular weight is 449 g/mol. The average Bonchev–Trinajstić information content (AvgIpc) is 3.43. The number of fused-ring (bicyclic) bond motifs is 1. The number of non-ortho nitro benzene ring substituents is 1. The van der Waals surface area contributed by atoms with E-state index >= 15 is 0 Å². The summed E-state index contributed by atoms with van der Waals surface area (Å²) in [5.74, 6) is -0.348. The lowest BCUT2D eigenvalue weighted by atomic mass is 10.2. The van der Waals surface area contributed by atoms with Crippen LogP contribution in [0.4, 0.5) is 5.69 Å². The number of nitro groups is 1. The van der Waals surface area contributed by atoms with Gasteiger partial charge in [-0.3, -0.25) is 30.6 Å². The van der Waals surface area contributed by atoms with Gasteiger partial charge in [-0.15, -0.1) is 11.3 Å². The lowest BCUT2D eigenvalue weighted by Gasteiger charge is -2.07. The van der Waals surface area contributed by atoms with E-state index in [1.165, 1.54) is 29.5 Å². The second-order valence-corrected chi connectivity index (χ2v) is 8.04. The lowest BCUT2D eigenvalue weighted by Crippen LogP contribution is -2.41. The molecule has 0 radical (unpaired) electrons. The zero-order chi connectivity index (χ0) is 22.7. The minimum atomic E-state index is -0.649. The number of hydrogen-bond acceptors (Lipinski definition) is 6. The highest BCUT2D eigenvalue weighted by molar-refractivity contribution is 7.17. The molecule has 2 amide bonds. The first kappa shape index (κ1) is 21.2. The predicted octanol–water partition coefficient (Wildman–Crippen LogP) is 4.16. The van der Waals surface area contributed by atoms with E-state index in [1.807, 2.05) is 30.3 Å². The van der Waals surface area contributed by atoms with Crippen LogP contribution in [-0.2, 0) is 6.54 Å². The molecule has 4 rings (SSSR count). The summed E-state index contributed by atoms with van der Waals surface area (Å²) in [7, 11) is 0. The van der Waals surface area contributed by atoms with Gasteiger partial charge in [0.1, 0.15) is 0 Å². The zero-order valence-corrected chi connectivity index (χ0v) is 17.9. The highest BCUT2D eigenvalue weighted by Gasteiger charge is 2.17. The summed E-state index contributed by atoms with van der Waals surface area (Å²) in [4.78, 5) is 41.0. The highest BCUT2D eigenvalue weighted by Crippen LogP contribution is 2.30. The van der Waals surface area contributed by atoms with Crippen molar-refractivity contribution in [3.05, 3.63) is 81.2 Å². The Balaban J connectivity index is 1.49. The second kappa shape index (κ2) is 8.98. The van der Waals surface area contributed by atoms with E-state index in [-0.39, 0.29) is 11.3 Å². The summed E-state index contributed by atoms with van der Waals surface area (Å²) in [6, 6.07) is 16.6. The Morgan fingerprint density at radius 3 is 2.62 bits per heavy atom. The Hall–Kier alpha value is -4.05. The van der Waals surface area contributed by atoms with Gasteiger partial charge in [0.15, 0.2) is 5.82 Å². The molecular weight excluding hydrogens is 430 g/mol. The van der Waals surface area contributed by atoms with Gasteiger partial charge >= 0.3 is 0 Å². The molecule has 0 spiro atoms. The van der Waals surface area contributed by atoms with Gasteiger partial charge in [0.25, 0.3) is 17.5 Å². The van der Waals surface area contributed by atoms with Crippen LogP contribution in [0.25, 0.3) is 21.7 Å². The van der Waals surface area contributed by atoms with Crippen LogP contribution in [0.5, 0.6) is 0 Å². The molecular formula is C22H19N5O4S. The fourth-order valence-electron chi connectivity index (χ4n) is 3.30. The van der Waals surface area contributed by atoms with Gasteiger partial charge in [0.05, 0.1) is 25.7 Å². The molecule has 9 nitrogen and oxygen atoms in total. The summed E-state index contributed by atoms with van der Waals surface area (Å²) in [6.45, 7) is 2.89. The molecule has 2 N–H and O–H groups in total. The highest BCUT2D eigenvalue weighted by atomic mass is 32.1. The maximum atomic E-state index is 12.5. The van der Waals surface area contributed by atoms with E-state index in [4.69, 9.17) is 4.98 Å². The number of nitrogens with one attached hydrogen (secondary N) is 2. The van der Waals surface area contributed by atoms with E-state index < -0.39 is 16.7 Å². The topological polar surface area (TPSA) is 119 Å². The van der Waals surface area contributed by atoms with Gasteiger partial charge in [-0.2, -0.15) is 0 Å². The Morgan fingerprint density at radius 1 is 1.06 bits per heavy atom. The third-order valence-corrected chi connectivity index (χ3v) is 5.84. The number of amides is 2. The molecule has 10 heteroatoms. The van der Waals surface area contributed by atoms with E-state index in [0.29, 0.717) is 4.88 Å². The smallest absolute Gasteiger partial charge is 0.279 e. The number of nitrogens with zero attached hydrogens (tertiary/aromatic N) is 3. The van der Waals surface area contributed by atoms with Gasteiger partial charge < -0.3 is 4.57 Å².